The van der Waals surface area contributed by atoms with E-state index in [1.54, 1.807) is 0 Å². The number of hydrogen-bond acceptors (Lipinski definition) is 3. The van der Waals surface area contributed by atoms with Crippen LogP contribution in [0.1, 0.15) is 52.4 Å². The molecule has 1 saturated heterocycles. The van der Waals surface area contributed by atoms with E-state index in [0.29, 0.717) is 19.3 Å². The molecule has 1 heterocycles. The second kappa shape index (κ2) is 8.15. The molecule has 0 saturated carbocycles. The van der Waals surface area contributed by atoms with Crippen molar-refractivity contribution in [3.05, 3.63) is 0 Å². The van der Waals surface area contributed by atoms with Crippen molar-refractivity contribution in [3.63, 3.8) is 0 Å². The first-order chi connectivity index (χ1) is 8.99. The van der Waals surface area contributed by atoms with E-state index < -0.39 is 12.0 Å². The summed E-state index contributed by atoms with van der Waals surface area (Å²) in [6, 6.07) is -0.778. The summed E-state index contributed by atoms with van der Waals surface area (Å²) in [5, 5.41) is 11.6. The van der Waals surface area contributed by atoms with Crippen molar-refractivity contribution in [2.75, 3.05) is 6.61 Å². The molecule has 0 spiro atoms. The van der Waals surface area contributed by atoms with Crippen molar-refractivity contribution in [1.82, 2.24) is 5.32 Å². The molecule has 0 aromatic heterocycles. The zero-order valence-electron chi connectivity index (χ0n) is 11.9. The number of carboxylic acid groups (broad SMARTS) is 1. The summed E-state index contributed by atoms with van der Waals surface area (Å²) < 4.78 is 5.55. The van der Waals surface area contributed by atoms with Gasteiger partial charge in [0.05, 0.1) is 6.10 Å². The van der Waals surface area contributed by atoms with Crippen molar-refractivity contribution in [3.8, 4) is 0 Å². The lowest BCUT2D eigenvalue weighted by Crippen LogP contribution is -2.41. The molecular formula is C14H25NO4. The van der Waals surface area contributed by atoms with Crippen LogP contribution in [0.15, 0.2) is 0 Å². The molecule has 2 unspecified atom stereocenters. The van der Waals surface area contributed by atoms with E-state index in [1.807, 2.05) is 13.8 Å². The topological polar surface area (TPSA) is 75.6 Å². The Morgan fingerprint density at radius 1 is 1.37 bits per heavy atom. The van der Waals surface area contributed by atoms with Crippen LogP contribution in [0.3, 0.4) is 0 Å². The van der Waals surface area contributed by atoms with Crippen LogP contribution >= 0.6 is 0 Å². The Morgan fingerprint density at radius 2 is 2.11 bits per heavy atom. The highest BCUT2D eigenvalue weighted by Crippen LogP contribution is 2.17. The average molecular weight is 271 g/mol. The highest BCUT2D eigenvalue weighted by molar-refractivity contribution is 5.83. The molecule has 5 nitrogen and oxygen atoms in total. The first kappa shape index (κ1) is 16.0. The number of amides is 1. The van der Waals surface area contributed by atoms with E-state index in [1.165, 1.54) is 0 Å². The summed E-state index contributed by atoms with van der Waals surface area (Å²) in [6.45, 7) is 4.66. The third kappa shape index (κ3) is 6.57. The molecule has 19 heavy (non-hydrogen) atoms. The summed E-state index contributed by atoms with van der Waals surface area (Å²) in [5.41, 5.74) is 0. The lowest BCUT2D eigenvalue weighted by molar-refractivity contribution is -0.142. The average Bonchev–Trinajstić information content (AvgIpc) is 2.36. The van der Waals surface area contributed by atoms with Gasteiger partial charge in [0.15, 0.2) is 0 Å². The monoisotopic (exact) mass is 271 g/mol. The largest absolute Gasteiger partial charge is 0.480 e. The second-order valence-corrected chi connectivity index (χ2v) is 5.62. The Labute approximate surface area is 114 Å². The number of carbonyl (C=O) groups excluding carboxylic acids is 1. The number of nitrogens with one attached hydrogen (secondary N) is 1. The smallest absolute Gasteiger partial charge is 0.326 e. The van der Waals surface area contributed by atoms with Crippen molar-refractivity contribution >= 4 is 11.9 Å². The van der Waals surface area contributed by atoms with Gasteiger partial charge in [-0.05, 0) is 38.0 Å². The Balaban J connectivity index is 2.29. The molecule has 0 bridgehead atoms. The van der Waals surface area contributed by atoms with Crippen LogP contribution in [0.25, 0.3) is 0 Å². The second-order valence-electron chi connectivity index (χ2n) is 5.62. The van der Waals surface area contributed by atoms with Crippen LogP contribution < -0.4 is 5.32 Å². The lowest BCUT2D eigenvalue weighted by atomic mass is 10.0. The van der Waals surface area contributed by atoms with E-state index in [0.717, 1.165) is 25.9 Å². The highest BCUT2D eigenvalue weighted by Gasteiger charge is 2.22. The summed E-state index contributed by atoms with van der Waals surface area (Å²) in [5.74, 6) is -0.915. The molecule has 1 rings (SSSR count). The molecule has 5 heteroatoms. The maximum Gasteiger partial charge on any atom is 0.326 e. The fourth-order valence-corrected chi connectivity index (χ4v) is 2.29. The molecule has 2 atom stereocenters. The standard InChI is InChI=1S/C14H25NO4/c1-10(2)9-12(14(17)18)15-13(16)7-6-11-5-3-4-8-19-11/h10-12H,3-9H2,1-2H3,(H,15,16)(H,17,18). The van der Waals surface area contributed by atoms with Gasteiger partial charge >= 0.3 is 5.97 Å². The van der Waals surface area contributed by atoms with Gasteiger partial charge in [-0.2, -0.15) is 0 Å². The van der Waals surface area contributed by atoms with Crippen LogP contribution in [0, 0.1) is 5.92 Å². The summed E-state index contributed by atoms with van der Waals surface area (Å²) in [4.78, 5) is 22.8. The molecule has 0 aromatic carbocycles. The number of rotatable bonds is 7. The maximum absolute atomic E-state index is 11.8. The van der Waals surface area contributed by atoms with Gasteiger partial charge in [-0.1, -0.05) is 13.8 Å². The fourth-order valence-electron chi connectivity index (χ4n) is 2.29. The van der Waals surface area contributed by atoms with Crippen LogP contribution in [0.5, 0.6) is 0 Å². The van der Waals surface area contributed by atoms with Gasteiger partial charge < -0.3 is 15.2 Å². The Bertz CT molecular complexity index is 298. The third-order valence-electron chi connectivity index (χ3n) is 3.31. The summed E-state index contributed by atoms with van der Waals surface area (Å²) >= 11 is 0. The van der Waals surface area contributed by atoms with Gasteiger partial charge in [-0.25, -0.2) is 4.79 Å². The van der Waals surface area contributed by atoms with Crippen LogP contribution in [0.4, 0.5) is 0 Å². The molecule has 110 valence electrons. The quantitative estimate of drug-likeness (QED) is 0.742. The molecule has 1 aliphatic rings. The zero-order valence-corrected chi connectivity index (χ0v) is 11.9. The van der Waals surface area contributed by atoms with Gasteiger partial charge in [-0.3, -0.25) is 4.79 Å². The highest BCUT2D eigenvalue weighted by atomic mass is 16.5. The molecule has 1 aliphatic heterocycles. The number of carboxylic acids is 1. The first-order valence-corrected chi connectivity index (χ1v) is 7.12. The molecule has 1 fully saturated rings. The van der Waals surface area contributed by atoms with Crippen molar-refractivity contribution < 1.29 is 19.4 Å². The fraction of sp³-hybridized carbons (Fsp3) is 0.857. The molecule has 0 radical (unpaired) electrons. The van der Waals surface area contributed by atoms with E-state index in [-0.39, 0.29) is 17.9 Å². The summed E-state index contributed by atoms with van der Waals surface area (Å²) in [6.07, 6.45) is 4.89. The number of aliphatic carboxylic acids is 1. The predicted molar refractivity (Wildman–Crippen MR) is 71.8 cm³/mol. The van der Waals surface area contributed by atoms with Crippen molar-refractivity contribution in [1.29, 1.82) is 0 Å². The van der Waals surface area contributed by atoms with Gasteiger partial charge in [0.2, 0.25) is 5.91 Å². The van der Waals surface area contributed by atoms with E-state index in [9.17, 15) is 9.59 Å². The van der Waals surface area contributed by atoms with E-state index in [4.69, 9.17) is 9.84 Å². The van der Waals surface area contributed by atoms with Crippen molar-refractivity contribution in [2.45, 2.75) is 64.5 Å². The minimum atomic E-state index is -0.962. The minimum absolute atomic E-state index is 0.160. The number of hydrogen-bond donors (Lipinski definition) is 2. The normalized spacial score (nSPS) is 21.1. The molecule has 0 aromatic rings. The van der Waals surface area contributed by atoms with Crippen LogP contribution in [-0.4, -0.2) is 35.7 Å². The molecule has 2 N–H and O–H groups in total. The van der Waals surface area contributed by atoms with Gasteiger partial charge in [0.25, 0.3) is 0 Å². The SMILES string of the molecule is CC(C)CC(NC(=O)CCC1CCCCO1)C(=O)O. The third-order valence-corrected chi connectivity index (χ3v) is 3.31. The van der Waals surface area contributed by atoms with Gasteiger partial charge in [-0.15, -0.1) is 0 Å². The van der Waals surface area contributed by atoms with Gasteiger partial charge in [0, 0.05) is 13.0 Å². The summed E-state index contributed by atoms with van der Waals surface area (Å²) in [7, 11) is 0. The minimum Gasteiger partial charge on any atom is -0.480 e. The maximum atomic E-state index is 11.8. The zero-order chi connectivity index (χ0) is 14.3. The van der Waals surface area contributed by atoms with Crippen LogP contribution in [0.2, 0.25) is 0 Å². The van der Waals surface area contributed by atoms with Crippen LogP contribution in [-0.2, 0) is 14.3 Å². The first-order valence-electron chi connectivity index (χ1n) is 7.12. The van der Waals surface area contributed by atoms with E-state index in [2.05, 4.69) is 5.32 Å². The molecular weight excluding hydrogens is 246 g/mol. The number of ether oxygens (including phenoxy) is 1. The molecule has 0 aliphatic carbocycles. The van der Waals surface area contributed by atoms with Gasteiger partial charge in [0.1, 0.15) is 6.04 Å². The van der Waals surface area contributed by atoms with E-state index >= 15 is 0 Å². The Hall–Kier alpha value is -1.10. The Kier molecular flexibility index (Phi) is 6.84. The Morgan fingerprint density at radius 3 is 2.63 bits per heavy atom. The number of carbonyl (C=O) groups is 2. The molecule has 1 amide bonds. The lowest BCUT2D eigenvalue weighted by Gasteiger charge is -2.22. The predicted octanol–water partition coefficient (Wildman–Crippen LogP) is 1.95. The van der Waals surface area contributed by atoms with Crippen molar-refractivity contribution in [2.24, 2.45) is 5.92 Å².